The lowest BCUT2D eigenvalue weighted by molar-refractivity contribution is 0.0936. The van der Waals surface area contributed by atoms with Gasteiger partial charge < -0.3 is 19.0 Å². The first-order valence-electron chi connectivity index (χ1n) is 11.6. The van der Waals surface area contributed by atoms with Crippen molar-refractivity contribution in [3.8, 4) is 11.8 Å². The molecule has 166 valence electrons. The Hall–Kier alpha value is -3.23. The molecule has 4 rings (SSSR count). The number of aliphatic hydroxyl groups excluding tert-OH is 1. The normalized spacial score (nSPS) is 12.3. The average Bonchev–Trinajstić information content (AvgIpc) is 3.40. The molecule has 0 aliphatic rings. The molecular formula is C27H31N3O2. The minimum absolute atomic E-state index is 0.222. The summed E-state index contributed by atoms with van der Waals surface area (Å²) in [5, 5.41) is 21.7. The summed E-state index contributed by atoms with van der Waals surface area (Å²) in [6.07, 6.45) is 9.85. The quantitative estimate of drug-likeness (QED) is 0.303. The third-order valence-electron chi connectivity index (χ3n) is 5.99. The molecule has 2 aromatic heterocycles. The zero-order valence-corrected chi connectivity index (χ0v) is 18.7. The van der Waals surface area contributed by atoms with Crippen LogP contribution in [0.2, 0.25) is 0 Å². The molecule has 5 heteroatoms. The number of nitriles is 1. The van der Waals surface area contributed by atoms with Gasteiger partial charge >= 0.3 is 0 Å². The molecule has 0 spiro atoms. The van der Waals surface area contributed by atoms with Gasteiger partial charge in [-0.05, 0) is 55.0 Å². The molecule has 0 saturated carbocycles. The van der Waals surface area contributed by atoms with Crippen molar-refractivity contribution in [3.05, 3.63) is 66.5 Å². The number of hydrogen-bond acceptors (Lipinski definition) is 3. The molecule has 0 radical (unpaired) electrons. The molecule has 4 aromatic rings. The van der Waals surface area contributed by atoms with Crippen molar-refractivity contribution in [2.75, 3.05) is 6.61 Å². The number of unbranched alkanes of at least 4 members (excludes halogenated alkanes) is 4. The highest BCUT2D eigenvalue weighted by Gasteiger charge is 2.10. The number of hydrogen-bond donors (Lipinski definition) is 1. The van der Waals surface area contributed by atoms with E-state index in [0.717, 1.165) is 28.6 Å². The highest BCUT2D eigenvalue weighted by molar-refractivity contribution is 5.82. The number of fused-ring (bicyclic) bond motifs is 2. The van der Waals surface area contributed by atoms with E-state index in [1.807, 2.05) is 41.1 Å². The highest BCUT2D eigenvalue weighted by Crippen LogP contribution is 2.23. The van der Waals surface area contributed by atoms with Crippen LogP contribution < -0.4 is 4.74 Å². The molecule has 0 aliphatic heterocycles. The molecule has 1 atom stereocenters. The Morgan fingerprint density at radius 3 is 2.44 bits per heavy atom. The molecule has 0 bridgehead atoms. The summed E-state index contributed by atoms with van der Waals surface area (Å²) in [6.45, 7) is 3.95. The summed E-state index contributed by atoms with van der Waals surface area (Å²) >= 11 is 0. The number of rotatable bonds is 11. The average molecular weight is 430 g/mol. The maximum absolute atomic E-state index is 10.5. The van der Waals surface area contributed by atoms with Crippen LogP contribution in [-0.4, -0.2) is 27.0 Å². The minimum atomic E-state index is -0.635. The zero-order valence-electron chi connectivity index (χ0n) is 18.7. The van der Waals surface area contributed by atoms with Gasteiger partial charge in [-0.25, -0.2) is 0 Å². The second kappa shape index (κ2) is 10.4. The lowest BCUT2D eigenvalue weighted by atomic mass is 10.1. The molecule has 32 heavy (non-hydrogen) atoms. The lowest BCUT2D eigenvalue weighted by Gasteiger charge is -2.14. The van der Waals surface area contributed by atoms with Gasteiger partial charge in [-0.15, -0.1) is 0 Å². The summed E-state index contributed by atoms with van der Waals surface area (Å²) in [5.74, 6) is 0.772. The van der Waals surface area contributed by atoms with Crippen molar-refractivity contribution in [3.63, 3.8) is 0 Å². The zero-order chi connectivity index (χ0) is 22.3. The van der Waals surface area contributed by atoms with E-state index >= 15 is 0 Å². The van der Waals surface area contributed by atoms with Crippen molar-refractivity contribution in [2.45, 2.75) is 58.2 Å². The van der Waals surface area contributed by atoms with Crippen LogP contribution in [-0.2, 0) is 13.1 Å². The van der Waals surface area contributed by atoms with Gasteiger partial charge in [0.2, 0.25) is 0 Å². The Bertz CT molecular complexity index is 1210. The number of nitrogens with zero attached hydrogens (tertiary/aromatic N) is 3. The maximum atomic E-state index is 10.5. The van der Waals surface area contributed by atoms with Crippen molar-refractivity contribution >= 4 is 21.8 Å². The van der Waals surface area contributed by atoms with Crippen LogP contribution in [0.3, 0.4) is 0 Å². The van der Waals surface area contributed by atoms with Crippen LogP contribution in [0.5, 0.6) is 5.75 Å². The SMILES string of the molecule is CCCCCCCn1ccc2cc(OCC(O)Cn3ccc4cc(C#N)ccc43)ccc21. The van der Waals surface area contributed by atoms with E-state index in [9.17, 15) is 5.11 Å². The van der Waals surface area contributed by atoms with E-state index < -0.39 is 6.10 Å². The van der Waals surface area contributed by atoms with Crippen LogP contribution in [0.1, 0.15) is 44.6 Å². The van der Waals surface area contributed by atoms with E-state index in [0.29, 0.717) is 12.1 Å². The van der Waals surface area contributed by atoms with Gasteiger partial charge in [-0.2, -0.15) is 5.26 Å². The Labute approximate surface area is 189 Å². The van der Waals surface area contributed by atoms with E-state index in [1.165, 1.54) is 37.6 Å². The molecule has 0 saturated heterocycles. The van der Waals surface area contributed by atoms with Crippen LogP contribution in [0, 0.1) is 11.3 Å². The Morgan fingerprint density at radius 1 is 0.906 bits per heavy atom. The molecule has 2 aromatic carbocycles. The fraction of sp³-hybridized carbons (Fsp3) is 0.370. The summed E-state index contributed by atoms with van der Waals surface area (Å²) in [6, 6.07) is 18.0. The van der Waals surface area contributed by atoms with Crippen molar-refractivity contribution in [2.24, 2.45) is 0 Å². The van der Waals surface area contributed by atoms with E-state index in [2.05, 4.69) is 35.9 Å². The minimum Gasteiger partial charge on any atom is -0.491 e. The third kappa shape index (κ3) is 5.15. The topological polar surface area (TPSA) is 63.1 Å². The fourth-order valence-corrected chi connectivity index (χ4v) is 4.25. The maximum Gasteiger partial charge on any atom is 0.120 e. The van der Waals surface area contributed by atoms with Gasteiger partial charge in [0.25, 0.3) is 0 Å². The predicted octanol–water partition coefficient (Wildman–Crippen LogP) is 5.88. The van der Waals surface area contributed by atoms with Gasteiger partial charge in [0, 0.05) is 40.7 Å². The number of aryl methyl sites for hydroxylation is 1. The van der Waals surface area contributed by atoms with Crippen LogP contribution in [0.4, 0.5) is 0 Å². The standard InChI is InChI=1S/C27H31N3O2/c1-2-3-4-5-6-13-29-14-11-23-17-25(8-10-26(23)29)32-20-24(31)19-30-15-12-22-16-21(18-28)7-9-27(22)30/h7-12,14-17,24,31H,2-6,13,19-20H2,1H3. The van der Waals surface area contributed by atoms with Crippen molar-refractivity contribution < 1.29 is 9.84 Å². The van der Waals surface area contributed by atoms with E-state index in [4.69, 9.17) is 10.00 Å². The van der Waals surface area contributed by atoms with Crippen molar-refractivity contribution in [1.29, 1.82) is 5.26 Å². The van der Waals surface area contributed by atoms with Crippen molar-refractivity contribution in [1.82, 2.24) is 9.13 Å². The smallest absolute Gasteiger partial charge is 0.120 e. The van der Waals surface area contributed by atoms with Crippen LogP contribution in [0.25, 0.3) is 21.8 Å². The molecule has 1 unspecified atom stereocenters. The first-order valence-corrected chi connectivity index (χ1v) is 11.6. The second-order valence-corrected chi connectivity index (χ2v) is 8.46. The summed E-state index contributed by atoms with van der Waals surface area (Å²) < 4.78 is 10.2. The Kier molecular flexibility index (Phi) is 7.14. The number of aromatic nitrogens is 2. The number of ether oxygens (including phenoxy) is 1. The summed E-state index contributed by atoms with van der Waals surface area (Å²) in [4.78, 5) is 0. The second-order valence-electron chi connectivity index (χ2n) is 8.46. The lowest BCUT2D eigenvalue weighted by Crippen LogP contribution is -2.23. The summed E-state index contributed by atoms with van der Waals surface area (Å²) in [5.41, 5.74) is 2.87. The van der Waals surface area contributed by atoms with Gasteiger partial charge in [0.05, 0.1) is 18.2 Å². The Balaban J connectivity index is 1.32. The largest absolute Gasteiger partial charge is 0.491 e. The first-order chi connectivity index (χ1) is 15.7. The first kappa shape index (κ1) is 22.0. The van der Waals surface area contributed by atoms with Crippen LogP contribution >= 0.6 is 0 Å². The highest BCUT2D eigenvalue weighted by atomic mass is 16.5. The molecule has 5 nitrogen and oxygen atoms in total. The van der Waals surface area contributed by atoms with Gasteiger partial charge in [0.1, 0.15) is 18.5 Å². The number of aliphatic hydroxyl groups is 1. The van der Waals surface area contributed by atoms with Gasteiger partial charge in [0.15, 0.2) is 0 Å². The molecule has 2 heterocycles. The summed E-state index contributed by atoms with van der Waals surface area (Å²) in [7, 11) is 0. The van der Waals surface area contributed by atoms with Gasteiger partial charge in [-0.3, -0.25) is 0 Å². The predicted molar refractivity (Wildman–Crippen MR) is 129 cm³/mol. The Morgan fingerprint density at radius 2 is 1.62 bits per heavy atom. The third-order valence-corrected chi connectivity index (χ3v) is 5.99. The van der Waals surface area contributed by atoms with Crippen LogP contribution in [0.15, 0.2) is 60.9 Å². The molecule has 0 amide bonds. The molecule has 0 aliphatic carbocycles. The molecular weight excluding hydrogens is 398 g/mol. The van der Waals surface area contributed by atoms with E-state index in [-0.39, 0.29) is 6.61 Å². The fourth-order valence-electron chi connectivity index (χ4n) is 4.25. The monoisotopic (exact) mass is 429 g/mol. The molecule has 1 N–H and O–H groups in total. The van der Waals surface area contributed by atoms with E-state index in [1.54, 1.807) is 6.07 Å². The molecule has 0 fully saturated rings. The van der Waals surface area contributed by atoms with Gasteiger partial charge in [-0.1, -0.05) is 32.6 Å². The number of benzene rings is 2.